The van der Waals surface area contributed by atoms with Crippen molar-refractivity contribution in [2.75, 3.05) is 18.4 Å². The summed E-state index contributed by atoms with van der Waals surface area (Å²) in [4.78, 5) is 21.9. The van der Waals surface area contributed by atoms with E-state index >= 15 is 0 Å². The molecule has 1 saturated heterocycles. The van der Waals surface area contributed by atoms with Crippen molar-refractivity contribution in [1.82, 2.24) is 20.2 Å². The zero-order valence-corrected chi connectivity index (χ0v) is 14.6. The summed E-state index contributed by atoms with van der Waals surface area (Å²) < 4.78 is 0. The Balaban J connectivity index is 1.25. The number of piperidine rings is 1. The van der Waals surface area contributed by atoms with Gasteiger partial charge in [-0.3, -0.25) is 4.90 Å². The molecule has 1 aliphatic heterocycles. The summed E-state index contributed by atoms with van der Waals surface area (Å²) in [7, 11) is 0. The highest BCUT2D eigenvalue weighted by Crippen LogP contribution is 2.17. The number of nitrogens with one attached hydrogen (secondary N) is 3. The van der Waals surface area contributed by atoms with Crippen LogP contribution in [0.15, 0.2) is 54.9 Å². The number of hydrogen-bond acceptors (Lipinski definition) is 3. The molecule has 0 atom stereocenters. The van der Waals surface area contributed by atoms with E-state index in [9.17, 15) is 4.79 Å². The standard InChI is InChI=1S/C20H23N5O/c26-20(24-17-6-7-18-19(12-17)22-14-21-18)23-16-8-10-25(11-9-16)13-15-4-2-1-3-5-15/h1-7,12,14,16H,8-11,13H2,(H,21,22)(H2,23,24,26). The molecule has 1 aromatic heterocycles. The van der Waals surface area contributed by atoms with Crippen LogP contribution < -0.4 is 10.6 Å². The van der Waals surface area contributed by atoms with Crippen LogP contribution in [0, 0.1) is 0 Å². The molecule has 1 fully saturated rings. The van der Waals surface area contributed by atoms with Crippen molar-refractivity contribution in [2.24, 2.45) is 0 Å². The smallest absolute Gasteiger partial charge is 0.319 e. The number of hydrogen-bond donors (Lipinski definition) is 3. The monoisotopic (exact) mass is 349 g/mol. The van der Waals surface area contributed by atoms with Gasteiger partial charge in [0.15, 0.2) is 0 Å². The predicted octanol–water partition coefficient (Wildman–Crippen LogP) is 3.35. The second kappa shape index (κ2) is 7.58. The van der Waals surface area contributed by atoms with Crippen molar-refractivity contribution in [3.05, 3.63) is 60.4 Å². The fraction of sp³-hybridized carbons (Fsp3) is 0.300. The Kier molecular flexibility index (Phi) is 4.84. The van der Waals surface area contributed by atoms with E-state index < -0.39 is 0 Å². The van der Waals surface area contributed by atoms with E-state index in [2.05, 4.69) is 49.8 Å². The van der Waals surface area contributed by atoms with Crippen LogP contribution >= 0.6 is 0 Å². The third-order valence-electron chi connectivity index (χ3n) is 4.85. The molecule has 0 radical (unpaired) electrons. The highest BCUT2D eigenvalue weighted by molar-refractivity contribution is 5.92. The molecule has 0 bridgehead atoms. The molecule has 0 aliphatic carbocycles. The molecule has 2 heterocycles. The molecule has 1 aliphatic rings. The topological polar surface area (TPSA) is 73.0 Å². The molecular formula is C20H23N5O. The highest BCUT2D eigenvalue weighted by atomic mass is 16.2. The van der Waals surface area contributed by atoms with Crippen molar-refractivity contribution >= 4 is 22.8 Å². The minimum absolute atomic E-state index is 0.148. The van der Waals surface area contributed by atoms with E-state index in [0.29, 0.717) is 0 Å². The summed E-state index contributed by atoms with van der Waals surface area (Å²) in [6.07, 6.45) is 3.59. The van der Waals surface area contributed by atoms with Crippen molar-refractivity contribution in [2.45, 2.75) is 25.4 Å². The first-order valence-electron chi connectivity index (χ1n) is 9.03. The lowest BCUT2D eigenvalue weighted by Gasteiger charge is -2.32. The molecule has 0 saturated carbocycles. The fourth-order valence-electron chi connectivity index (χ4n) is 3.44. The Bertz CT molecular complexity index is 868. The van der Waals surface area contributed by atoms with Gasteiger partial charge in [0.2, 0.25) is 0 Å². The molecule has 2 amide bonds. The minimum Gasteiger partial charge on any atom is -0.345 e. The number of carbonyl (C=O) groups is 1. The number of aromatic amines is 1. The maximum atomic E-state index is 12.3. The van der Waals surface area contributed by atoms with E-state index in [1.165, 1.54) is 5.56 Å². The van der Waals surface area contributed by atoms with Gasteiger partial charge in [0.05, 0.1) is 17.4 Å². The van der Waals surface area contributed by atoms with Crippen LogP contribution in [0.3, 0.4) is 0 Å². The number of amides is 2. The quantitative estimate of drug-likeness (QED) is 0.676. The molecule has 3 N–H and O–H groups in total. The van der Waals surface area contributed by atoms with Crippen LogP contribution in [0.25, 0.3) is 11.0 Å². The first kappa shape index (κ1) is 16.6. The third kappa shape index (κ3) is 4.03. The molecule has 2 aromatic carbocycles. The lowest BCUT2D eigenvalue weighted by atomic mass is 10.0. The second-order valence-electron chi connectivity index (χ2n) is 6.77. The second-order valence-corrected chi connectivity index (χ2v) is 6.77. The lowest BCUT2D eigenvalue weighted by molar-refractivity contribution is 0.190. The van der Waals surface area contributed by atoms with Crippen LogP contribution in [0.2, 0.25) is 0 Å². The van der Waals surface area contributed by atoms with E-state index in [-0.39, 0.29) is 12.1 Å². The van der Waals surface area contributed by atoms with E-state index in [1.54, 1.807) is 6.33 Å². The average Bonchev–Trinajstić information content (AvgIpc) is 3.12. The zero-order chi connectivity index (χ0) is 17.8. The lowest BCUT2D eigenvalue weighted by Crippen LogP contribution is -2.45. The number of H-pyrrole nitrogens is 1. The van der Waals surface area contributed by atoms with Gasteiger partial charge in [-0.2, -0.15) is 0 Å². The first-order chi connectivity index (χ1) is 12.8. The minimum atomic E-state index is -0.148. The Morgan fingerprint density at radius 3 is 2.77 bits per heavy atom. The molecule has 134 valence electrons. The fourth-order valence-corrected chi connectivity index (χ4v) is 3.44. The average molecular weight is 349 g/mol. The Labute approximate surface area is 152 Å². The molecule has 6 heteroatoms. The number of likely N-dealkylation sites (tertiary alicyclic amines) is 1. The van der Waals surface area contributed by atoms with E-state index in [1.807, 2.05) is 24.3 Å². The van der Waals surface area contributed by atoms with Gasteiger partial charge in [0, 0.05) is 31.4 Å². The Morgan fingerprint density at radius 2 is 1.96 bits per heavy atom. The van der Waals surface area contributed by atoms with Crippen LogP contribution in [0.1, 0.15) is 18.4 Å². The summed E-state index contributed by atoms with van der Waals surface area (Å²) in [5.74, 6) is 0. The number of aromatic nitrogens is 2. The van der Waals surface area contributed by atoms with Crippen LogP contribution in [0.5, 0.6) is 0 Å². The molecule has 4 rings (SSSR count). The van der Waals surface area contributed by atoms with E-state index in [0.717, 1.165) is 49.2 Å². The largest absolute Gasteiger partial charge is 0.345 e. The zero-order valence-electron chi connectivity index (χ0n) is 14.6. The number of carbonyl (C=O) groups excluding carboxylic acids is 1. The van der Waals surface area contributed by atoms with Crippen LogP contribution in [-0.4, -0.2) is 40.0 Å². The molecule has 6 nitrogen and oxygen atoms in total. The summed E-state index contributed by atoms with van der Waals surface area (Å²) in [5, 5.41) is 6.00. The number of fused-ring (bicyclic) bond motifs is 1. The van der Waals surface area contributed by atoms with Gasteiger partial charge < -0.3 is 15.6 Å². The van der Waals surface area contributed by atoms with Crippen LogP contribution in [-0.2, 0) is 6.54 Å². The van der Waals surface area contributed by atoms with Gasteiger partial charge in [-0.05, 0) is 36.6 Å². The first-order valence-corrected chi connectivity index (χ1v) is 9.03. The van der Waals surface area contributed by atoms with Gasteiger partial charge in [-0.1, -0.05) is 30.3 Å². The van der Waals surface area contributed by atoms with Gasteiger partial charge >= 0.3 is 6.03 Å². The number of rotatable bonds is 4. The summed E-state index contributed by atoms with van der Waals surface area (Å²) >= 11 is 0. The van der Waals surface area contributed by atoms with Crippen molar-refractivity contribution in [3.63, 3.8) is 0 Å². The van der Waals surface area contributed by atoms with Crippen molar-refractivity contribution < 1.29 is 4.79 Å². The Morgan fingerprint density at radius 1 is 1.15 bits per heavy atom. The maximum absolute atomic E-state index is 12.3. The predicted molar refractivity (Wildman–Crippen MR) is 103 cm³/mol. The summed E-state index contributed by atoms with van der Waals surface area (Å²) in [6, 6.07) is 16.2. The normalized spacial score (nSPS) is 15.8. The van der Waals surface area contributed by atoms with Crippen molar-refractivity contribution in [3.8, 4) is 0 Å². The number of benzene rings is 2. The Hall–Kier alpha value is -2.86. The molecule has 0 unspecified atom stereocenters. The molecule has 0 spiro atoms. The van der Waals surface area contributed by atoms with Gasteiger partial charge in [-0.15, -0.1) is 0 Å². The highest BCUT2D eigenvalue weighted by Gasteiger charge is 2.20. The van der Waals surface area contributed by atoms with E-state index in [4.69, 9.17) is 0 Å². The molecule has 26 heavy (non-hydrogen) atoms. The molecular weight excluding hydrogens is 326 g/mol. The van der Waals surface area contributed by atoms with Gasteiger partial charge in [0.1, 0.15) is 0 Å². The number of anilines is 1. The third-order valence-corrected chi connectivity index (χ3v) is 4.85. The van der Waals surface area contributed by atoms with Gasteiger partial charge in [0.25, 0.3) is 0 Å². The molecule has 3 aromatic rings. The number of imidazole rings is 1. The van der Waals surface area contributed by atoms with Gasteiger partial charge in [-0.25, -0.2) is 9.78 Å². The number of urea groups is 1. The SMILES string of the molecule is O=C(Nc1ccc2nc[nH]c2c1)NC1CCN(Cc2ccccc2)CC1. The summed E-state index contributed by atoms with van der Waals surface area (Å²) in [6.45, 7) is 2.98. The maximum Gasteiger partial charge on any atom is 0.319 e. The van der Waals surface area contributed by atoms with Crippen molar-refractivity contribution in [1.29, 1.82) is 0 Å². The number of nitrogens with zero attached hydrogens (tertiary/aromatic N) is 2. The summed E-state index contributed by atoms with van der Waals surface area (Å²) in [5.41, 5.74) is 3.91. The van der Waals surface area contributed by atoms with Crippen LogP contribution in [0.4, 0.5) is 10.5 Å².